The third-order valence-electron chi connectivity index (χ3n) is 6.80. The summed E-state index contributed by atoms with van der Waals surface area (Å²) < 4.78 is 12.9. The molecule has 0 radical (unpaired) electrons. The number of hydrogen-bond donors (Lipinski definition) is 0. The van der Waals surface area contributed by atoms with Crippen LogP contribution in [0.4, 0.5) is 5.82 Å². The number of methoxy groups -OCH3 is 2. The lowest BCUT2D eigenvalue weighted by molar-refractivity contribution is -0.119. The summed E-state index contributed by atoms with van der Waals surface area (Å²) in [5, 5.41) is 4.88. The van der Waals surface area contributed by atoms with Crippen LogP contribution in [-0.2, 0) is 11.3 Å². The number of fused-ring (bicyclic) bond motifs is 1. The lowest BCUT2D eigenvalue weighted by Crippen LogP contribution is -2.38. The molecular weight excluding hydrogens is 466 g/mol. The van der Waals surface area contributed by atoms with Gasteiger partial charge in [-0.15, -0.1) is 0 Å². The molecule has 37 heavy (non-hydrogen) atoms. The van der Waals surface area contributed by atoms with Crippen molar-refractivity contribution in [2.45, 2.75) is 46.6 Å². The number of benzene rings is 2. The summed E-state index contributed by atoms with van der Waals surface area (Å²) >= 11 is 0. The number of amides is 1. The number of anilines is 1. The van der Waals surface area contributed by atoms with E-state index in [4.69, 9.17) is 14.6 Å². The summed E-state index contributed by atoms with van der Waals surface area (Å²) in [6.45, 7) is 8.30. The highest BCUT2D eigenvalue weighted by atomic mass is 16.5. The maximum Gasteiger partial charge on any atom is 0.252 e. The first kappa shape index (κ1) is 24.5. The van der Waals surface area contributed by atoms with Crippen molar-refractivity contribution in [2.24, 2.45) is 0 Å². The monoisotopic (exact) mass is 497 g/mol. The second-order valence-electron chi connectivity index (χ2n) is 9.52. The second kappa shape index (κ2) is 9.69. The molecule has 0 saturated carbocycles. The molecule has 190 valence electrons. The lowest BCUT2D eigenvalue weighted by Gasteiger charge is -2.33. The Morgan fingerprint density at radius 2 is 1.62 bits per heavy atom. The van der Waals surface area contributed by atoms with Gasteiger partial charge in [0, 0.05) is 34.9 Å². The molecule has 0 spiro atoms. The summed E-state index contributed by atoms with van der Waals surface area (Å²) in [6, 6.07) is 15.8. The summed E-state index contributed by atoms with van der Waals surface area (Å²) in [7, 11) is 3.27. The van der Waals surface area contributed by atoms with E-state index in [1.165, 1.54) is 5.56 Å². The van der Waals surface area contributed by atoms with Crippen molar-refractivity contribution in [3.63, 3.8) is 0 Å². The molecule has 0 fully saturated rings. The van der Waals surface area contributed by atoms with Crippen LogP contribution in [0.25, 0.3) is 5.95 Å². The van der Waals surface area contributed by atoms with E-state index in [1.54, 1.807) is 18.9 Å². The number of carbonyl (C=O) groups excluding carboxylic acids is 1. The summed E-state index contributed by atoms with van der Waals surface area (Å²) in [5.41, 5.74) is 6.54. The number of rotatable bonds is 6. The molecule has 1 atom stereocenters. The number of ether oxygens (including phenoxy) is 2. The molecular formula is C29H31N5O3. The van der Waals surface area contributed by atoms with Gasteiger partial charge in [0.25, 0.3) is 5.95 Å². The van der Waals surface area contributed by atoms with Crippen molar-refractivity contribution in [1.82, 2.24) is 19.7 Å². The van der Waals surface area contributed by atoms with Crippen LogP contribution in [0, 0.1) is 27.7 Å². The van der Waals surface area contributed by atoms with E-state index < -0.39 is 0 Å². The van der Waals surface area contributed by atoms with Crippen molar-refractivity contribution in [1.29, 1.82) is 0 Å². The molecule has 1 amide bonds. The zero-order valence-electron chi connectivity index (χ0n) is 22.1. The van der Waals surface area contributed by atoms with Gasteiger partial charge in [0.2, 0.25) is 5.91 Å². The lowest BCUT2D eigenvalue weighted by atomic mass is 9.84. The largest absolute Gasteiger partial charge is 0.497 e. The van der Waals surface area contributed by atoms with E-state index in [1.807, 2.05) is 49.9 Å². The minimum atomic E-state index is -0.263. The Morgan fingerprint density at radius 3 is 2.27 bits per heavy atom. The molecule has 0 aliphatic carbocycles. The Kier molecular flexibility index (Phi) is 6.41. The molecule has 0 bridgehead atoms. The topological polar surface area (TPSA) is 82.4 Å². The maximum absolute atomic E-state index is 13.9. The predicted octanol–water partition coefficient (Wildman–Crippen LogP) is 4.98. The van der Waals surface area contributed by atoms with Gasteiger partial charge in [-0.2, -0.15) is 9.78 Å². The third-order valence-corrected chi connectivity index (χ3v) is 6.80. The van der Waals surface area contributed by atoms with E-state index in [-0.39, 0.29) is 18.2 Å². The fraction of sp³-hybridized carbons (Fsp3) is 0.310. The SMILES string of the molecule is COc1ccc(OC)c([C@H]2CC(=O)N(Cc3ccc(C)cc3)c3c2c(C)nn3-c2nc(C)cc(C)n2)c1. The predicted molar refractivity (Wildman–Crippen MR) is 142 cm³/mol. The van der Waals surface area contributed by atoms with E-state index in [2.05, 4.69) is 41.2 Å². The molecule has 2 aromatic carbocycles. The van der Waals surface area contributed by atoms with Gasteiger partial charge in [0.1, 0.15) is 17.3 Å². The Bertz CT molecular complexity index is 1460. The van der Waals surface area contributed by atoms with Gasteiger partial charge in [-0.05, 0) is 57.5 Å². The van der Waals surface area contributed by atoms with Crippen molar-refractivity contribution in [3.05, 3.63) is 87.9 Å². The number of carbonyl (C=O) groups is 1. The van der Waals surface area contributed by atoms with E-state index in [0.29, 0.717) is 29.8 Å². The smallest absolute Gasteiger partial charge is 0.252 e. The molecule has 8 heteroatoms. The highest BCUT2D eigenvalue weighted by Gasteiger charge is 2.39. The van der Waals surface area contributed by atoms with Crippen LogP contribution in [0.5, 0.6) is 11.5 Å². The van der Waals surface area contributed by atoms with Crippen LogP contribution < -0.4 is 14.4 Å². The van der Waals surface area contributed by atoms with E-state index in [0.717, 1.165) is 33.8 Å². The summed E-state index contributed by atoms with van der Waals surface area (Å²) in [5.74, 6) is 2.27. The van der Waals surface area contributed by atoms with Gasteiger partial charge in [-0.25, -0.2) is 9.97 Å². The second-order valence-corrected chi connectivity index (χ2v) is 9.52. The molecule has 4 aromatic rings. The minimum Gasteiger partial charge on any atom is -0.497 e. The summed E-state index contributed by atoms with van der Waals surface area (Å²) in [4.78, 5) is 25.0. The third kappa shape index (κ3) is 4.55. The Morgan fingerprint density at radius 1 is 0.919 bits per heavy atom. The number of aryl methyl sites for hydroxylation is 4. The van der Waals surface area contributed by atoms with Crippen LogP contribution in [0.1, 0.15) is 51.7 Å². The normalized spacial score (nSPS) is 15.0. The van der Waals surface area contributed by atoms with Crippen LogP contribution in [0.2, 0.25) is 0 Å². The van der Waals surface area contributed by atoms with Gasteiger partial charge in [0.05, 0.1) is 26.5 Å². The van der Waals surface area contributed by atoms with Crippen LogP contribution >= 0.6 is 0 Å². The number of hydrogen-bond acceptors (Lipinski definition) is 6. The van der Waals surface area contributed by atoms with Crippen LogP contribution in [-0.4, -0.2) is 39.9 Å². The number of aromatic nitrogens is 4. The quantitative estimate of drug-likeness (QED) is 0.374. The fourth-order valence-corrected chi connectivity index (χ4v) is 5.06. The minimum absolute atomic E-state index is 0.00604. The van der Waals surface area contributed by atoms with Gasteiger partial charge in [-0.1, -0.05) is 29.8 Å². The Labute approximate surface area is 216 Å². The highest BCUT2D eigenvalue weighted by molar-refractivity contribution is 5.97. The standard InChI is InChI=1S/C29H31N5O3/c1-17-7-9-21(10-8-17)16-33-26(35)15-24(23-14-22(36-5)11-12-25(23)37-6)27-20(4)32-34(28(27)33)29-30-18(2)13-19(3)31-29/h7-14,24H,15-16H2,1-6H3/t24-/m1/s1. The van der Waals surface area contributed by atoms with Gasteiger partial charge in [-0.3, -0.25) is 9.69 Å². The Hall–Kier alpha value is -4.20. The van der Waals surface area contributed by atoms with Gasteiger partial charge in [0.15, 0.2) is 0 Å². The first-order valence-electron chi connectivity index (χ1n) is 12.3. The average molecular weight is 498 g/mol. The van der Waals surface area contributed by atoms with Crippen LogP contribution in [0.15, 0.2) is 48.5 Å². The molecule has 2 aromatic heterocycles. The van der Waals surface area contributed by atoms with Crippen molar-refractivity contribution < 1.29 is 14.3 Å². The number of nitrogens with zero attached hydrogens (tertiary/aromatic N) is 5. The van der Waals surface area contributed by atoms with Gasteiger partial charge >= 0.3 is 0 Å². The zero-order chi connectivity index (χ0) is 26.3. The first-order chi connectivity index (χ1) is 17.8. The molecule has 1 aliphatic heterocycles. The molecule has 5 rings (SSSR count). The fourth-order valence-electron chi connectivity index (χ4n) is 5.06. The van der Waals surface area contributed by atoms with E-state index >= 15 is 0 Å². The molecule has 8 nitrogen and oxygen atoms in total. The highest BCUT2D eigenvalue weighted by Crippen LogP contribution is 2.46. The first-order valence-corrected chi connectivity index (χ1v) is 12.3. The average Bonchev–Trinajstić information content (AvgIpc) is 3.23. The van der Waals surface area contributed by atoms with Crippen molar-refractivity contribution >= 4 is 11.7 Å². The van der Waals surface area contributed by atoms with E-state index in [9.17, 15) is 4.79 Å². The van der Waals surface area contributed by atoms with Crippen molar-refractivity contribution in [2.75, 3.05) is 19.1 Å². The van der Waals surface area contributed by atoms with Crippen LogP contribution in [0.3, 0.4) is 0 Å². The molecule has 0 N–H and O–H groups in total. The Balaban J connectivity index is 1.73. The molecule has 0 unspecified atom stereocenters. The molecule has 0 saturated heterocycles. The molecule has 3 heterocycles. The van der Waals surface area contributed by atoms with Crippen molar-refractivity contribution in [3.8, 4) is 17.4 Å². The molecule has 1 aliphatic rings. The summed E-state index contributed by atoms with van der Waals surface area (Å²) in [6.07, 6.45) is 0.280. The maximum atomic E-state index is 13.9. The van der Waals surface area contributed by atoms with Gasteiger partial charge < -0.3 is 9.47 Å². The zero-order valence-corrected chi connectivity index (χ0v) is 22.1.